The molecule has 10 heteroatoms. The van der Waals surface area contributed by atoms with Gasteiger partial charge in [-0.05, 0) is 24.0 Å². The summed E-state index contributed by atoms with van der Waals surface area (Å²) in [5.41, 5.74) is 2.07. The number of halogens is 3. The van der Waals surface area contributed by atoms with Gasteiger partial charge in [0.25, 0.3) is 0 Å². The van der Waals surface area contributed by atoms with Crippen molar-refractivity contribution >= 4 is 21.8 Å². The van der Waals surface area contributed by atoms with E-state index in [9.17, 15) is 17.4 Å². The topological polar surface area (TPSA) is 66.2 Å². The van der Waals surface area contributed by atoms with Gasteiger partial charge in [0.05, 0.1) is 22.2 Å². The molecule has 2 aromatic heterocycles. The molecule has 3 rings (SSSR count). The van der Waals surface area contributed by atoms with Gasteiger partial charge in [0.1, 0.15) is 5.75 Å². The monoisotopic (exact) mass is 391 g/mol. The summed E-state index contributed by atoms with van der Waals surface area (Å²) in [5.74, 6) is 0.0543. The molecule has 0 saturated heterocycles. The number of pyridine rings is 1. The number of imidazole rings is 1. The van der Waals surface area contributed by atoms with Gasteiger partial charge in [-0.25, -0.2) is 0 Å². The summed E-state index contributed by atoms with van der Waals surface area (Å²) in [6.45, 7) is 0.186. The van der Waals surface area contributed by atoms with E-state index in [2.05, 4.69) is 15.0 Å². The van der Waals surface area contributed by atoms with Crippen LogP contribution in [0.25, 0.3) is 11.0 Å². The quantitative estimate of drug-likeness (QED) is 0.580. The Balaban J connectivity index is 0.00000243. The number of hydrogen-bond acceptors (Lipinski definition) is 4. The summed E-state index contributed by atoms with van der Waals surface area (Å²) in [6.07, 6.45) is -3.10. The van der Waals surface area contributed by atoms with Gasteiger partial charge in [0, 0.05) is 16.9 Å². The Kier molecular flexibility index (Phi) is 6.84. The van der Waals surface area contributed by atoms with E-state index in [0.29, 0.717) is 22.3 Å². The molecule has 2 heterocycles. The van der Waals surface area contributed by atoms with E-state index in [0.717, 1.165) is 0 Å². The van der Waals surface area contributed by atoms with Gasteiger partial charge >= 0.3 is 35.7 Å². The number of benzene rings is 1. The fourth-order valence-electron chi connectivity index (χ4n) is 2.20. The second-order valence-electron chi connectivity index (χ2n) is 5.27. The van der Waals surface area contributed by atoms with Crippen LogP contribution in [-0.4, -0.2) is 27.0 Å². The van der Waals surface area contributed by atoms with Crippen molar-refractivity contribution in [3.05, 3.63) is 47.8 Å². The van der Waals surface area contributed by atoms with Crippen molar-refractivity contribution in [3.8, 4) is 5.75 Å². The number of hydrogen-bond donors (Lipinski definition) is 0. The normalized spacial score (nSPS) is 12.6. The van der Waals surface area contributed by atoms with Crippen LogP contribution in [0, 0.1) is 6.92 Å². The van der Waals surface area contributed by atoms with E-state index >= 15 is 0 Å². The zero-order valence-corrected chi connectivity index (χ0v) is 16.9. The van der Waals surface area contributed by atoms with E-state index in [1.54, 1.807) is 31.2 Å². The molecule has 0 aliphatic heterocycles. The molecule has 0 aliphatic rings. The van der Waals surface area contributed by atoms with Crippen LogP contribution in [0.15, 0.2) is 41.7 Å². The standard InChI is InChI=1S/C16H13F3N3O2S.Na/c1-10-13(20-7-6-14(10)24-9-16(17,18)19)8-25(23)15-21-11-4-2-3-5-12(11)22-15;/h2-7H,8-9H2,1H3;/q-1;+1/t25-;/m0./s1. The second kappa shape index (κ2) is 8.51. The molecule has 0 N–H and O–H groups in total. The van der Waals surface area contributed by atoms with Crippen LogP contribution in [0.3, 0.4) is 0 Å². The molecule has 0 spiro atoms. The number of alkyl halides is 3. The van der Waals surface area contributed by atoms with E-state index in [-0.39, 0.29) is 46.2 Å². The first-order valence-electron chi connectivity index (χ1n) is 7.25. The number of nitrogens with zero attached hydrogens (tertiary/aromatic N) is 3. The Morgan fingerprint density at radius 3 is 2.65 bits per heavy atom. The smallest absolute Gasteiger partial charge is 0.484 e. The number of rotatable bonds is 5. The molecule has 0 radical (unpaired) electrons. The molecule has 5 nitrogen and oxygen atoms in total. The van der Waals surface area contributed by atoms with Gasteiger partial charge < -0.3 is 14.7 Å². The Bertz CT molecular complexity index is 897. The molecule has 1 aromatic carbocycles. The minimum atomic E-state index is -4.43. The molecule has 0 amide bonds. The number of ether oxygens (including phenoxy) is 1. The first kappa shape index (κ1) is 20.9. The minimum Gasteiger partial charge on any atom is -0.484 e. The maximum absolute atomic E-state index is 12.5. The maximum atomic E-state index is 12.5. The molecule has 132 valence electrons. The Morgan fingerprint density at radius 1 is 1.23 bits per heavy atom. The second-order valence-corrected chi connectivity index (χ2v) is 6.61. The fraction of sp³-hybridized carbons (Fsp3) is 0.250. The molecule has 1 atom stereocenters. The van der Waals surface area contributed by atoms with E-state index in [4.69, 9.17) is 4.74 Å². The first-order valence-corrected chi connectivity index (χ1v) is 8.57. The van der Waals surface area contributed by atoms with Crippen molar-refractivity contribution in [3.63, 3.8) is 0 Å². The predicted molar refractivity (Wildman–Crippen MR) is 85.7 cm³/mol. The Labute approximate surface area is 172 Å². The predicted octanol–water partition coefficient (Wildman–Crippen LogP) is 0.148. The largest absolute Gasteiger partial charge is 1.00 e. The number of para-hydroxylation sites is 2. The molecule has 0 aliphatic carbocycles. The van der Waals surface area contributed by atoms with Gasteiger partial charge in [-0.2, -0.15) is 13.2 Å². The summed E-state index contributed by atoms with van der Waals surface area (Å²) in [7, 11) is -1.57. The number of aromatic nitrogens is 3. The summed E-state index contributed by atoms with van der Waals surface area (Å²) < 4.78 is 54.2. The van der Waals surface area contributed by atoms with Crippen molar-refractivity contribution < 1.29 is 51.7 Å². The third-order valence-corrected chi connectivity index (χ3v) is 4.56. The molecule has 0 saturated carbocycles. The third-order valence-electron chi connectivity index (χ3n) is 3.44. The molecule has 0 unspecified atom stereocenters. The summed E-state index contributed by atoms with van der Waals surface area (Å²) in [6, 6.07) is 8.48. The molecule has 3 aromatic rings. The Hall–Kier alpha value is -1.42. The van der Waals surface area contributed by atoms with Crippen LogP contribution in [0.5, 0.6) is 5.75 Å². The maximum Gasteiger partial charge on any atom is 1.00 e. The van der Waals surface area contributed by atoms with Crippen LogP contribution in [0.1, 0.15) is 11.3 Å². The van der Waals surface area contributed by atoms with Crippen LogP contribution in [0.2, 0.25) is 0 Å². The average Bonchev–Trinajstić information content (AvgIpc) is 2.99. The van der Waals surface area contributed by atoms with Crippen molar-refractivity contribution in [2.24, 2.45) is 0 Å². The summed E-state index contributed by atoms with van der Waals surface area (Å²) in [5, 5.41) is 0.170. The van der Waals surface area contributed by atoms with Gasteiger partial charge in [-0.15, -0.1) is 0 Å². The zero-order chi connectivity index (χ0) is 18.0. The van der Waals surface area contributed by atoms with Crippen molar-refractivity contribution in [2.45, 2.75) is 24.0 Å². The molecular weight excluding hydrogens is 378 g/mol. The summed E-state index contributed by atoms with van der Waals surface area (Å²) >= 11 is 0. The first-order chi connectivity index (χ1) is 11.8. The van der Waals surface area contributed by atoms with E-state index in [1.165, 1.54) is 12.3 Å². The molecule has 0 fully saturated rings. The van der Waals surface area contributed by atoms with Crippen LogP contribution in [-0.2, 0) is 16.6 Å². The SMILES string of the molecule is Cc1c(OCC(F)(F)F)ccnc1C[S@](=O)c1nc2ccccc2[n-]1.[Na+]. The van der Waals surface area contributed by atoms with Crippen LogP contribution < -0.4 is 39.3 Å². The third kappa shape index (κ3) is 5.06. The van der Waals surface area contributed by atoms with Crippen LogP contribution >= 0.6 is 0 Å². The summed E-state index contributed by atoms with van der Waals surface area (Å²) in [4.78, 5) is 12.5. The average molecular weight is 391 g/mol. The van der Waals surface area contributed by atoms with Crippen LogP contribution in [0.4, 0.5) is 13.2 Å². The number of fused-ring (bicyclic) bond motifs is 1. The molecule has 0 bridgehead atoms. The zero-order valence-electron chi connectivity index (χ0n) is 14.1. The van der Waals surface area contributed by atoms with Gasteiger partial charge in [0.2, 0.25) is 0 Å². The van der Waals surface area contributed by atoms with Crippen molar-refractivity contribution in [1.29, 1.82) is 0 Å². The van der Waals surface area contributed by atoms with E-state index in [1.807, 2.05) is 0 Å². The fourth-order valence-corrected chi connectivity index (χ4v) is 3.26. The Morgan fingerprint density at radius 2 is 1.96 bits per heavy atom. The van der Waals surface area contributed by atoms with Gasteiger partial charge in [0.15, 0.2) is 6.61 Å². The van der Waals surface area contributed by atoms with Crippen molar-refractivity contribution in [2.75, 3.05) is 6.61 Å². The minimum absolute atomic E-state index is 0. The molecule has 26 heavy (non-hydrogen) atoms. The van der Waals surface area contributed by atoms with Gasteiger partial charge in [-0.3, -0.25) is 9.19 Å². The molecular formula is C16H13F3N3NaO2S. The van der Waals surface area contributed by atoms with Gasteiger partial charge in [-0.1, -0.05) is 24.3 Å². The van der Waals surface area contributed by atoms with Crippen molar-refractivity contribution in [1.82, 2.24) is 15.0 Å². The van der Waals surface area contributed by atoms with E-state index < -0.39 is 23.6 Å².